The van der Waals surface area contributed by atoms with E-state index in [1.807, 2.05) is 0 Å². The minimum atomic E-state index is -5.12. The number of carboxylic acid groups (broad SMARTS) is 1. The molecule has 96 valence electrons. The van der Waals surface area contributed by atoms with Gasteiger partial charge in [0.15, 0.2) is 0 Å². The summed E-state index contributed by atoms with van der Waals surface area (Å²) in [6.07, 6.45) is -1.09. The molecule has 0 aromatic heterocycles. The zero-order valence-electron chi connectivity index (χ0n) is 8.15. The van der Waals surface area contributed by atoms with E-state index in [-0.39, 0.29) is 0 Å². The largest absolute Gasteiger partial charge is 0.480 e. The van der Waals surface area contributed by atoms with E-state index in [4.69, 9.17) is 14.9 Å². The Bertz CT molecular complexity index is 484. The number of rotatable bonds is 4. The molecular weight excluding hydrogens is 260 g/mol. The Hall–Kier alpha value is -1.56. The number of hydrogen-bond acceptors (Lipinski definition) is 7. The Morgan fingerprint density at radius 1 is 1.47 bits per heavy atom. The Morgan fingerprint density at radius 3 is 2.29 bits per heavy atom. The van der Waals surface area contributed by atoms with Crippen LogP contribution in [-0.4, -0.2) is 57.5 Å². The number of hydroxylamine groups is 2. The van der Waals surface area contributed by atoms with E-state index in [1.54, 1.807) is 5.32 Å². The minimum absolute atomic E-state index is 0.484. The third-order valence-corrected chi connectivity index (χ3v) is 3.48. The number of carbonyl (C=O) groups is 3. The van der Waals surface area contributed by atoms with Crippen LogP contribution in [0.5, 0.6) is 0 Å². The van der Waals surface area contributed by atoms with Crippen LogP contribution in [0, 0.1) is 0 Å². The van der Waals surface area contributed by atoms with Gasteiger partial charge in [-0.15, -0.1) is 0 Å². The van der Waals surface area contributed by atoms with Gasteiger partial charge in [0.05, 0.1) is 13.0 Å². The molecule has 1 aliphatic heterocycles. The summed E-state index contributed by atoms with van der Waals surface area (Å²) in [6.45, 7) is -0.993. The predicted molar refractivity (Wildman–Crippen MR) is 48.2 cm³/mol. The van der Waals surface area contributed by atoms with E-state index >= 15 is 0 Å². The molecule has 10 nitrogen and oxygen atoms in total. The third-order valence-electron chi connectivity index (χ3n) is 2.14. The Balaban J connectivity index is 3.18. The summed E-state index contributed by atoms with van der Waals surface area (Å²) in [7, 11) is -5.12. The van der Waals surface area contributed by atoms with Gasteiger partial charge in [0.1, 0.15) is 0 Å². The molecule has 2 amide bonds. The number of nitrogens with zero attached hydrogens (tertiary/aromatic N) is 1. The number of nitrogens with one attached hydrogen (secondary N) is 1. The maximum atomic E-state index is 11.4. The summed E-state index contributed by atoms with van der Waals surface area (Å²) < 4.78 is 31.0. The van der Waals surface area contributed by atoms with Gasteiger partial charge in [-0.2, -0.15) is 13.5 Å². The van der Waals surface area contributed by atoms with Gasteiger partial charge < -0.3 is 5.11 Å². The van der Waals surface area contributed by atoms with Crippen LogP contribution in [0.25, 0.3) is 0 Å². The molecule has 0 saturated carbocycles. The summed E-state index contributed by atoms with van der Waals surface area (Å²) in [5.74, 6) is -4.43. The van der Waals surface area contributed by atoms with E-state index in [0.29, 0.717) is 0 Å². The molecule has 1 unspecified atom stereocenters. The lowest BCUT2D eigenvalue weighted by molar-refractivity contribution is -0.172. The van der Waals surface area contributed by atoms with Crippen molar-refractivity contribution in [2.75, 3.05) is 6.54 Å². The van der Waals surface area contributed by atoms with Crippen molar-refractivity contribution in [2.45, 2.75) is 11.3 Å². The fourth-order valence-electron chi connectivity index (χ4n) is 1.30. The van der Waals surface area contributed by atoms with Crippen LogP contribution in [-0.2, 0) is 24.5 Å². The average Bonchev–Trinajstić information content (AvgIpc) is 2.40. The molecule has 0 spiro atoms. The molecule has 1 fully saturated rings. The van der Waals surface area contributed by atoms with Gasteiger partial charge >= 0.3 is 5.97 Å². The third kappa shape index (κ3) is 2.12. The van der Waals surface area contributed by atoms with Crippen LogP contribution in [0.2, 0.25) is 0 Å². The van der Waals surface area contributed by atoms with Crippen molar-refractivity contribution in [1.29, 1.82) is 0 Å². The number of carbonyl (C=O) groups excluding carboxylic acids is 2. The second-order valence-electron chi connectivity index (χ2n) is 3.24. The topological polar surface area (TPSA) is 161 Å². The SMILES string of the molecule is O=C(O)CNC1(S(=O)(=O)O)CC(=O)N(O)C1=O. The van der Waals surface area contributed by atoms with E-state index in [1.165, 1.54) is 0 Å². The van der Waals surface area contributed by atoms with Crippen molar-refractivity contribution >= 4 is 27.9 Å². The molecule has 11 heteroatoms. The van der Waals surface area contributed by atoms with Crippen molar-refractivity contribution in [3.05, 3.63) is 0 Å². The number of aliphatic carboxylic acids is 1. The fourth-order valence-corrected chi connectivity index (χ4v) is 2.16. The highest BCUT2D eigenvalue weighted by molar-refractivity contribution is 7.88. The first-order chi connectivity index (χ1) is 7.62. The summed E-state index contributed by atoms with van der Waals surface area (Å²) in [5, 5.41) is 18.5. The van der Waals surface area contributed by atoms with Crippen molar-refractivity contribution in [3.8, 4) is 0 Å². The second-order valence-corrected chi connectivity index (χ2v) is 4.88. The molecule has 4 N–H and O–H groups in total. The van der Waals surface area contributed by atoms with Crippen LogP contribution < -0.4 is 5.32 Å². The predicted octanol–water partition coefficient (Wildman–Crippen LogP) is -2.61. The summed E-state index contributed by atoms with van der Waals surface area (Å²) in [4.78, 5) is 29.8. The number of carboxylic acids is 1. The monoisotopic (exact) mass is 268 g/mol. The summed E-state index contributed by atoms with van der Waals surface area (Å²) in [6, 6.07) is 0. The highest BCUT2D eigenvalue weighted by Gasteiger charge is 2.60. The molecule has 17 heavy (non-hydrogen) atoms. The lowest BCUT2D eigenvalue weighted by Gasteiger charge is -2.22. The average molecular weight is 268 g/mol. The quantitative estimate of drug-likeness (QED) is 0.243. The molecule has 1 atom stereocenters. The first-order valence-corrected chi connectivity index (χ1v) is 5.56. The highest BCUT2D eigenvalue weighted by atomic mass is 32.2. The van der Waals surface area contributed by atoms with Gasteiger partial charge in [0, 0.05) is 0 Å². The molecule has 0 radical (unpaired) electrons. The summed E-state index contributed by atoms with van der Waals surface area (Å²) in [5.41, 5.74) is 0. The van der Waals surface area contributed by atoms with Gasteiger partial charge in [-0.05, 0) is 0 Å². The van der Waals surface area contributed by atoms with Crippen LogP contribution >= 0.6 is 0 Å². The smallest absolute Gasteiger partial charge is 0.317 e. The lowest BCUT2D eigenvalue weighted by Crippen LogP contribution is -2.58. The molecule has 1 heterocycles. The van der Waals surface area contributed by atoms with Crippen LogP contribution in [0.1, 0.15) is 6.42 Å². The van der Waals surface area contributed by atoms with E-state index in [2.05, 4.69) is 0 Å². The van der Waals surface area contributed by atoms with Crippen molar-refractivity contribution in [3.63, 3.8) is 0 Å². The zero-order chi connectivity index (χ0) is 13.4. The van der Waals surface area contributed by atoms with E-state index in [9.17, 15) is 22.8 Å². The number of amides is 2. The Morgan fingerprint density at radius 2 is 2.00 bits per heavy atom. The first kappa shape index (κ1) is 13.5. The zero-order valence-corrected chi connectivity index (χ0v) is 8.97. The van der Waals surface area contributed by atoms with Crippen molar-refractivity contribution in [2.24, 2.45) is 0 Å². The maximum absolute atomic E-state index is 11.4. The molecule has 1 rings (SSSR count). The van der Waals surface area contributed by atoms with Gasteiger partial charge in [-0.1, -0.05) is 0 Å². The minimum Gasteiger partial charge on any atom is -0.480 e. The molecule has 0 aliphatic carbocycles. The molecule has 0 aromatic carbocycles. The molecular formula is C6H8N2O8S. The fraction of sp³-hybridized carbons (Fsp3) is 0.500. The Labute approximate surface area is 94.5 Å². The standard InChI is InChI=1S/C6H8N2O8S/c9-3-1-6(17(14,15)16,5(12)8(3)13)7-2-4(10)11/h7,13H,1-2H2,(H,10,11)(H,14,15,16). The van der Waals surface area contributed by atoms with Gasteiger partial charge in [0.2, 0.25) is 4.87 Å². The van der Waals surface area contributed by atoms with Crippen LogP contribution in [0.15, 0.2) is 0 Å². The number of imide groups is 1. The highest BCUT2D eigenvalue weighted by Crippen LogP contribution is 2.27. The van der Waals surface area contributed by atoms with Gasteiger partial charge in [-0.25, -0.2) is 0 Å². The van der Waals surface area contributed by atoms with Crippen LogP contribution in [0.3, 0.4) is 0 Å². The Kier molecular flexibility index (Phi) is 3.20. The van der Waals surface area contributed by atoms with Crippen molar-refractivity contribution < 1.29 is 37.7 Å². The maximum Gasteiger partial charge on any atom is 0.317 e. The first-order valence-electron chi connectivity index (χ1n) is 4.12. The second kappa shape index (κ2) is 4.03. The normalized spacial score (nSPS) is 25.4. The van der Waals surface area contributed by atoms with Crippen molar-refractivity contribution in [1.82, 2.24) is 10.4 Å². The summed E-state index contributed by atoms with van der Waals surface area (Å²) >= 11 is 0. The lowest BCUT2D eigenvalue weighted by atomic mass is 10.2. The molecule has 1 aliphatic rings. The molecule has 0 aromatic rings. The van der Waals surface area contributed by atoms with Gasteiger partial charge in [-0.3, -0.25) is 29.5 Å². The molecule has 1 saturated heterocycles. The van der Waals surface area contributed by atoms with Gasteiger partial charge in [0.25, 0.3) is 21.9 Å². The molecule has 0 bridgehead atoms. The van der Waals surface area contributed by atoms with E-state index < -0.39 is 50.8 Å². The number of hydrogen-bond donors (Lipinski definition) is 4. The van der Waals surface area contributed by atoms with E-state index in [0.717, 1.165) is 0 Å². The van der Waals surface area contributed by atoms with Crippen LogP contribution in [0.4, 0.5) is 0 Å².